The first-order valence-electron chi connectivity index (χ1n) is 7.92. The molecule has 1 aromatic carbocycles. The maximum absolute atomic E-state index is 6.28. The molecule has 1 aliphatic rings. The number of hydrogen-bond acceptors (Lipinski definition) is 2. The van der Waals surface area contributed by atoms with E-state index in [4.69, 9.17) is 16.3 Å². The molecule has 1 N–H and O–H groups in total. The monoisotopic (exact) mass is 373 g/mol. The summed E-state index contributed by atoms with van der Waals surface area (Å²) in [5, 5.41) is 4.36. The summed E-state index contributed by atoms with van der Waals surface area (Å²) in [7, 11) is 0. The van der Waals surface area contributed by atoms with Crippen LogP contribution in [0.15, 0.2) is 22.7 Å². The molecule has 0 amide bonds. The lowest BCUT2D eigenvalue weighted by Crippen LogP contribution is -2.64. The van der Waals surface area contributed by atoms with Crippen molar-refractivity contribution in [2.45, 2.75) is 58.6 Å². The Balaban J connectivity index is 2.09. The van der Waals surface area contributed by atoms with Gasteiger partial charge < -0.3 is 10.1 Å². The minimum Gasteiger partial charge on any atom is -0.488 e. The van der Waals surface area contributed by atoms with E-state index in [0.29, 0.717) is 11.1 Å². The van der Waals surface area contributed by atoms with Crippen LogP contribution in [0, 0.1) is 5.41 Å². The van der Waals surface area contributed by atoms with Crippen molar-refractivity contribution >= 4 is 27.5 Å². The first-order valence-corrected chi connectivity index (χ1v) is 9.09. The van der Waals surface area contributed by atoms with Crippen LogP contribution in [0.3, 0.4) is 0 Å². The highest BCUT2D eigenvalue weighted by Gasteiger charge is 2.54. The zero-order valence-electron chi connectivity index (χ0n) is 13.1. The van der Waals surface area contributed by atoms with Crippen molar-refractivity contribution < 1.29 is 4.74 Å². The molecule has 0 bridgehead atoms. The number of nitrogens with one attached hydrogen (secondary N) is 1. The van der Waals surface area contributed by atoms with Gasteiger partial charge in [0.25, 0.3) is 0 Å². The standard InChI is InChI=1S/C17H25BrClNO/c1-4-9-20-15-11-16(17(15,5-2)6-3)21-14-8-7-12(18)10-13(14)19/h7-8,10,15-16,20H,4-6,9,11H2,1-3H3. The van der Waals surface area contributed by atoms with Gasteiger partial charge in [-0.05, 0) is 44.0 Å². The fourth-order valence-corrected chi connectivity index (χ4v) is 4.16. The van der Waals surface area contributed by atoms with Crippen molar-refractivity contribution in [2.75, 3.05) is 6.54 Å². The molecule has 21 heavy (non-hydrogen) atoms. The van der Waals surface area contributed by atoms with Gasteiger partial charge in [0.1, 0.15) is 11.9 Å². The Hall–Kier alpha value is -0.250. The van der Waals surface area contributed by atoms with E-state index in [2.05, 4.69) is 42.0 Å². The molecule has 2 unspecified atom stereocenters. The third-order valence-electron chi connectivity index (χ3n) is 4.91. The highest BCUT2D eigenvalue weighted by Crippen LogP contribution is 2.49. The molecule has 0 spiro atoms. The Morgan fingerprint density at radius 1 is 1.33 bits per heavy atom. The Morgan fingerprint density at radius 2 is 2.05 bits per heavy atom. The lowest BCUT2D eigenvalue weighted by atomic mass is 9.58. The second-order valence-electron chi connectivity index (χ2n) is 5.86. The van der Waals surface area contributed by atoms with Gasteiger partial charge in [0.15, 0.2) is 0 Å². The minimum atomic E-state index is 0.228. The molecule has 0 aromatic heterocycles. The van der Waals surface area contributed by atoms with Crippen molar-refractivity contribution in [1.82, 2.24) is 5.32 Å². The summed E-state index contributed by atoms with van der Waals surface area (Å²) in [6.07, 6.45) is 4.74. The zero-order chi connectivity index (χ0) is 15.5. The third-order valence-corrected chi connectivity index (χ3v) is 5.69. The van der Waals surface area contributed by atoms with Crippen molar-refractivity contribution in [3.05, 3.63) is 27.7 Å². The van der Waals surface area contributed by atoms with Crippen LogP contribution in [0.5, 0.6) is 5.75 Å². The van der Waals surface area contributed by atoms with E-state index < -0.39 is 0 Å². The van der Waals surface area contributed by atoms with Crippen LogP contribution in [0.1, 0.15) is 46.5 Å². The van der Waals surface area contributed by atoms with Gasteiger partial charge in [-0.3, -0.25) is 0 Å². The molecule has 1 fully saturated rings. The Kier molecular flexibility index (Phi) is 5.98. The molecule has 2 atom stereocenters. The SMILES string of the molecule is CCCNC1CC(Oc2ccc(Br)cc2Cl)C1(CC)CC. The molecule has 4 heteroatoms. The van der Waals surface area contributed by atoms with E-state index in [0.717, 1.165) is 36.0 Å². The fourth-order valence-electron chi connectivity index (χ4n) is 3.44. The average molecular weight is 375 g/mol. The van der Waals surface area contributed by atoms with Crippen molar-refractivity contribution in [2.24, 2.45) is 5.41 Å². The summed E-state index contributed by atoms with van der Waals surface area (Å²) < 4.78 is 7.23. The van der Waals surface area contributed by atoms with Crippen LogP contribution in [0.25, 0.3) is 0 Å². The third kappa shape index (κ3) is 3.40. The number of rotatable bonds is 7. The molecule has 118 valence electrons. The fraction of sp³-hybridized carbons (Fsp3) is 0.647. The highest BCUT2D eigenvalue weighted by molar-refractivity contribution is 9.10. The molecule has 1 aliphatic carbocycles. The average Bonchev–Trinajstić information content (AvgIpc) is 2.45. The van der Waals surface area contributed by atoms with Crippen LogP contribution in [0.4, 0.5) is 0 Å². The van der Waals surface area contributed by atoms with Gasteiger partial charge in [0.05, 0.1) is 5.02 Å². The molecular weight excluding hydrogens is 350 g/mol. The summed E-state index contributed by atoms with van der Waals surface area (Å²) in [4.78, 5) is 0. The molecule has 2 nitrogen and oxygen atoms in total. The number of halogens is 2. The summed E-state index contributed by atoms with van der Waals surface area (Å²) in [5.74, 6) is 0.796. The normalized spacial score (nSPS) is 23.7. The van der Waals surface area contributed by atoms with Crippen molar-refractivity contribution in [3.63, 3.8) is 0 Å². The van der Waals surface area contributed by atoms with Crippen LogP contribution < -0.4 is 10.1 Å². The van der Waals surface area contributed by atoms with E-state index in [1.54, 1.807) is 0 Å². The second kappa shape index (κ2) is 7.34. The van der Waals surface area contributed by atoms with Crippen LogP contribution in [-0.2, 0) is 0 Å². The molecule has 2 rings (SSSR count). The van der Waals surface area contributed by atoms with Crippen LogP contribution >= 0.6 is 27.5 Å². The largest absolute Gasteiger partial charge is 0.488 e. The van der Waals surface area contributed by atoms with Gasteiger partial charge in [-0.15, -0.1) is 0 Å². The lowest BCUT2D eigenvalue weighted by molar-refractivity contribution is -0.0857. The quantitative estimate of drug-likeness (QED) is 0.687. The highest BCUT2D eigenvalue weighted by atomic mass is 79.9. The number of benzene rings is 1. The molecule has 0 saturated heterocycles. The maximum Gasteiger partial charge on any atom is 0.138 e. The van der Waals surface area contributed by atoms with Crippen molar-refractivity contribution in [3.8, 4) is 5.75 Å². The van der Waals surface area contributed by atoms with Gasteiger partial charge in [0.2, 0.25) is 0 Å². The van der Waals surface area contributed by atoms with Crippen molar-refractivity contribution in [1.29, 1.82) is 0 Å². The summed E-state index contributed by atoms with van der Waals surface area (Å²) in [6.45, 7) is 7.82. The molecule has 1 saturated carbocycles. The first-order chi connectivity index (χ1) is 10.1. The number of ether oxygens (including phenoxy) is 1. The Labute approximate surface area is 141 Å². The molecule has 0 aliphatic heterocycles. The predicted octanol–water partition coefficient (Wildman–Crippen LogP) is 5.43. The Morgan fingerprint density at radius 3 is 2.62 bits per heavy atom. The number of hydrogen-bond donors (Lipinski definition) is 1. The van der Waals surface area contributed by atoms with E-state index >= 15 is 0 Å². The molecule has 0 radical (unpaired) electrons. The van der Waals surface area contributed by atoms with E-state index in [-0.39, 0.29) is 11.5 Å². The topological polar surface area (TPSA) is 21.3 Å². The van der Waals surface area contributed by atoms with E-state index in [1.807, 2.05) is 18.2 Å². The van der Waals surface area contributed by atoms with Gasteiger partial charge in [-0.2, -0.15) is 0 Å². The Bertz CT molecular complexity index is 476. The van der Waals surface area contributed by atoms with Gasteiger partial charge in [0, 0.05) is 22.4 Å². The van der Waals surface area contributed by atoms with E-state index in [1.165, 1.54) is 6.42 Å². The van der Waals surface area contributed by atoms with Gasteiger partial charge >= 0.3 is 0 Å². The summed E-state index contributed by atoms with van der Waals surface area (Å²) >= 11 is 9.71. The van der Waals surface area contributed by atoms with Crippen LogP contribution in [-0.4, -0.2) is 18.7 Å². The van der Waals surface area contributed by atoms with Gasteiger partial charge in [-0.25, -0.2) is 0 Å². The summed E-state index contributed by atoms with van der Waals surface area (Å²) in [6, 6.07) is 6.38. The second-order valence-corrected chi connectivity index (χ2v) is 7.19. The smallest absolute Gasteiger partial charge is 0.138 e. The minimum absolute atomic E-state index is 0.228. The maximum atomic E-state index is 6.28. The molecular formula is C17H25BrClNO. The predicted molar refractivity (Wildman–Crippen MR) is 93.3 cm³/mol. The molecule has 0 heterocycles. The van der Waals surface area contributed by atoms with E-state index in [9.17, 15) is 0 Å². The summed E-state index contributed by atoms with van der Waals surface area (Å²) in [5.41, 5.74) is 0.228. The van der Waals surface area contributed by atoms with Gasteiger partial charge in [-0.1, -0.05) is 48.3 Å². The van der Waals surface area contributed by atoms with Crippen LogP contribution in [0.2, 0.25) is 5.02 Å². The first kappa shape index (κ1) is 17.1. The lowest BCUT2D eigenvalue weighted by Gasteiger charge is -2.55. The molecule has 1 aromatic rings. The zero-order valence-corrected chi connectivity index (χ0v) is 15.4.